The molecule has 0 radical (unpaired) electrons. The second-order valence-electron chi connectivity index (χ2n) is 6.34. The molecule has 3 heterocycles. The highest BCUT2D eigenvalue weighted by Crippen LogP contribution is 2.24. The van der Waals surface area contributed by atoms with Crippen LogP contribution in [0.15, 0.2) is 33.8 Å². The highest BCUT2D eigenvalue weighted by Gasteiger charge is 2.15. The van der Waals surface area contributed by atoms with E-state index in [1.165, 1.54) is 32.4 Å². The second-order valence-corrected chi connectivity index (χ2v) is 7.26. The lowest BCUT2D eigenvalue weighted by Crippen LogP contribution is -3.13. The van der Waals surface area contributed by atoms with Crippen molar-refractivity contribution in [3.63, 3.8) is 0 Å². The minimum absolute atomic E-state index is 0.0266. The number of rotatable bonds is 3. The average molecular weight is 376 g/mol. The number of fused-ring (bicyclic) bond motifs is 3. The molecular weight excluding hydrogens is 356 g/mol. The highest BCUT2D eigenvalue weighted by atomic mass is 79.9. The van der Waals surface area contributed by atoms with Crippen molar-refractivity contribution < 1.29 is 4.90 Å². The van der Waals surface area contributed by atoms with Gasteiger partial charge < -0.3 is 9.88 Å². The van der Waals surface area contributed by atoms with E-state index in [1.54, 1.807) is 15.8 Å². The summed E-state index contributed by atoms with van der Waals surface area (Å²) in [5.74, 6) is 0. The minimum atomic E-state index is 0.0266. The summed E-state index contributed by atoms with van der Waals surface area (Å²) in [7, 11) is 0. The van der Waals surface area contributed by atoms with Gasteiger partial charge in [-0.1, -0.05) is 15.9 Å². The maximum Gasteiger partial charge on any atom is 0.277 e. The molecule has 3 aromatic rings. The maximum atomic E-state index is 12.7. The maximum absolute atomic E-state index is 12.7. The van der Waals surface area contributed by atoms with Gasteiger partial charge in [0.25, 0.3) is 5.56 Å². The molecule has 4 rings (SSSR count). The van der Waals surface area contributed by atoms with Gasteiger partial charge in [-0.2, -0.15) is 0 Å². The van der Waals surface area contributed by atoms with E-state index in [0.29, 0.717) is 5.52 Å². The fourth-order valence-electron chi connectivity index (χ4n) is 3.50. The standard InChI is InChI=1S/C17H19BrN4O/c18-12-4-5-14-13(10-12)15-16(20-14)17(23)22(11-19-15)9-8-21-6-2-1-3-7-21/h4-5,10-11,20H,1-3,6-9H2/p+1. The lowest BCUT2D eigenvalue weighted by molar-refractivity contribution is -0.905. The Morgan fingerprint density at radius 2 is 2.09 bits per heavy atom. The normalized spacial score (nSPS) is 16.4. The highest BCUT2D eigenvalue weighted by molar-refractivity contribution is 9.10. The van der Waals surface area contributed by atoms with Crippen LogP contribution >= 0.6 is 15.9 Å². The largest absolute Gasteiger partial charge is 0.349 e. The van der Waals surface area contributed by atoms with Crippen LogP contribution in [0.5, 0.6) is 0 Å². The number of H-pyrrole nitrogens is 1. The van der Waals surface area contributed by atoms with Gasteiger partial charge in [-0.25, -0.2) is 4.98 Å². The van der Waals surface area contributed by atoms with E-state index in [4.69, 9.17) is 0 Å². The molecule has 0 spiro atoms. The van der Waals surface area contributed by atoms with Crippen molar-refractivity contribution >= 4 is 37.9 Å². The molecule has 1 aliphatic heterocycles. The summed E-state index contributed by atoms with van der Waals surface area (Å²) in [5.41, 5.74) is 2.34. The average Bonchev–Trinajstić information content (AvgIpc) is 2.94. The number of piperidine rings is 1. The van der Waals surface area contributed by atoms with E-state index in [0.717, 1.165) is 34.0 Å². The van der Waals surface area contributed by atoms with Gasteiger partial charge in [-0.15, -0.1) is 0 Å². The molecule has 2 aromatic heterocycles. The zero-order chi connectivity index (χ0) is 15.8. The molecule has 5 nitrogen and oxygen atoms in total. The first-order valence-electron chi connectivity index (χ1n) is 8.22. The van der Waals surface area contributed by atoms with Crippen molar-refractivity contribution in [2.75, 3.05) is 19.6 Å². The van der Waals surface area contributed by atoms with Crippen LogP contribution in [0.1, 0.15) is 19.3 Å². The van der Waals surface area contributed by atoms with E-state index in [1.807, 2.05) is 18.2 Å². The Morgan fingerprint density at radius 3 is 2.91 bits per heavy atom. The predicted octanol–water partition coefficient (Wildman–Crippen LogP) is 1.71. The molecule has 23 heavy (non-hydrogen) atoms. The second kappa shape index (κ2) is 6.09. The third-order valence-corrected chi connectivity index (χ3v) is 5.29. The van der Waals surface area contributed by atoms with Gasteiger partial charge in [0.2, 0.25) is 0 Å². The van der Waals surface area contributed by atoms with Crippen molar-refractivity contribution in [2.45, 2.75) is 25.8 Å². The molecule has 0 bridgehead atoms. The molecule has 0 aliphatic carbocycles. The Hall–Kier alpha value is -1.66. The Balaban J connectivity index is 1.67. The summed E-state index contributed by atoms with van der Waals surface area (Å²) in [5, 5.41) is 0.986. The van der Waals surface area contributed by atoms with Gasteiger partial charge in [0.05, 0.1) is 32.5 Å². The van der Waals surface area contributed by atoms with Gasteiger partial charge in [0, 0.05) is 15.4 Å². The first-order valence-corrected chi connectivity index (χ1v) is 9.01. The molecule has 1 aliphatic rings. The zero-order valence-electron chi connectivity index (χ0n) is 12.9. The summed E-state index contributed by atoms with van der Waals surface area (Å²) >= 11 is 3.48. The number of likely N-dealkylation sites (tertiary alicyclic amines) is 1. The van der Waals surface area contributed by atoms with Crippen LogP contribution < -0.4 is 10.5 Å². The van der Waals surface area contributed by atoms with Crippen LogP contribution in [0.4, 0.5) is 0 Å². The molecule has 1 fully saturated rings. The fourth-order valence-corrected chi connectivity index (χ4v) is 3.86. The van der Waals surface area contributed by atoms with Gasteiger partial charge >= 0.3 is 0 Å². The molecule has 6 heteroatoms. The van der Waals surface area contributed by atoms with Crippen molar-refractivity contribution in [3.05, 3.63) is 39.4 Å². The molecule has 0 saturated carbocycles. The minimum Gasteiger partial charge on any atom is -0.349 e. The fraction of sp³-hybridized carbons (Fsp3) is 0.412. The summed E-state index contributed by atoms with van der Waals surface area (Å²) in [6.07, 6.45) is 5.65. The Morgan fingerprint density at radius 1 is 1.26 bits per heavy atom. The summed E-state index contributed by atoms with van der Waals surface area (Å²) in [6, 6.07) is 5.95. The topological polar surface area (TPSA) is 55.1 Å². The molecule has 1 aromatic carbocycles. The molecule has 2 N–H and O–H groups in total. The van der Waals surface area contributed by atoms with Gasteiger partial charge in [-0.3, -0.25) is 9.36 Å². The lowest BCUT2D eigenvalue weighted by Gasteiger charge is -2.23. The number of quaternary nitrogens is 1. The van der Waals surface area contributed by atoms with Crippen LogP contribution in [-0.2, 0) is 6.54 Å². The number of benzene rings is 1. The predicted molar refractivity (Wildman–Crippen MR) is 95.0 cm³/mol. The number of hydrogen-bond acceptors (Lipinski definition) is 2. The van der Waals surface area contributed by atoms with Crippen LogP contribution in [0.2, 0.25) is 0 Å². The Kier molecular flexibility index (Phi) is 3.95. The monoisotopic (exact) mass is 375 g/mol. The first kappa shape index (κ1) is 14.9. The molecule has 120 valence electrons. The van der Waals surface area contributed by atoms with Crippen molar-refractivity contribution in [1.82, 2.24) is 14.5 Å². The quantitative estimate of drug-likeness (QED) is 0.731. The smallest absolute Gasteiger partial charge is 0.277 e. The van der Waals surface area contributed by atoms with Gasteiger partial charge in [-0.05, 0) is 37.5 Å². The summed E-state index contributed by atoms with van der Waals surface area (Å²) in [4.78, 5) is 22.1. The van der Waals surface area contributed by atoms with E-state index < -0.39 is 0 Å². The van der Waals surface area contributed by atoms with Gasteiger partial charge in [0.1, 0.15) is 11.0 Å². The first-order chi connectivity index (χ1) is 11.2. The van der Waals surface area contributed by atoms with Crippen molar-refractivity contribution in [3.8, 4) is 0 Å². The Bertz CT molecular complexity index is 908. The SMILES string of the molecule is O=c1c2[nH]c3ccc(Br)cc3c2ncn1CC[NH+]1CCCCC1. The molecular formula is C17H20BrN4O+. The lowest BCUT2D eigenvalue weighted by atomic mass is 10.1. The number of aromatic amines is 1. The molecule has 0 unspecified atom stereocenters. The third-order valence-electron chi connectivity index (χ3n) is 4.80. The van der Waals surface area contributed by atoms with Crippen molar-refractivity contribution in [1.29, 1.82) is 0 Å². The number of hydrogen-bond donors (Lipinski definition) is 2. The van der Waals surface area contributed by atoms with Crippen LogP contribution in [0.25, 0.3) is 21.9 Å². The van der Waals surface area contributed by atoms with E-state index in [-0.39, 0.29) is 5.56 Å². The number of nitrogens with zero attached hydrogens (tertiary/aromatic N) is 2. The van der Waals surface area contributed by atoms with E-state index in [9.17, 15) is 4.79 Å². The van der Waals surface area contributed by atoms with Crippen LogP contribution in [0.3, 0.4) is 0 Å². The third kappa shape index (κ3) is 2.81. The number of aromatic nitrogens is 3. The zero-order valence-corrected chi connectivity index (χ0v) is 14.5. The molecule has 0 atom stereocenters. The van der Waals surface area contributed by atoms with Crippen molar-refractivity contribution in [2.24, 2.45) is 0 Å². The summed E-state index contributed by atoms with van der Waals surface area (Å²) in [6.45, 7) is 4.19. The van der Waals surface area contributed by atoms with E-state index >= 15 is 0 Å². The van der Waals surface area contributed by atoms with Crippen LogP contribution in [0, 0.1) is 0 Å². The Labute approximate surface area is 142 Å². The van der Waals surface area contributed by atoms with E-state index in [2.05, 4.69) is 25.9 Å². The molecule has 0 amide bonds. The van der Waals surface area contributed by atoms with Gasteiger partial charge in [0.15, 0.2) is 0 Å². The molecule has 1 saturated heterocycles. The number of halogens is 1. The summed E-state index contributed by atoms with van der Waals surface area (Å²) < 4.78 is 2.74. The van der Waals surface area contributed by atoms with Crippen LogP contribution in [-0.4, -0.2) is 34.2 Å². The number of nitrogens with one attached hydrogen (secondary N) is 2.